The summed E-state index contributed by atoms with van der Waals surface area (Å²) in [6.07, 6.45) is 9.02. The van der Waals surface area contributed by atoms with Crippen molar-refractivity contribution in [1.29, 1.82) is 0 Å². The Hall–Kier alpha value is -1.55. The Morgan fingerprint density at radius 1 is 0.957 bits per heavy atom. The van der Waals surface area contributed by atoms with Crippen molar-refractivity contribution in [3.05, 3.63) is 53.9 Å². The molecule has 0 unspecified atom stereocenters. The maximum absolute atomic E-state index is 5.36. The van der Waals surface area contributed by atoms with E-state index in [4.69, 9.17) is 9.47 Å². The predicted molar refractivity (Wildman–Crippen MR) is 88.5 cm³/mol. The smallest absolute Gasteiger partial charge is 0.171 e. The first kappa shape index (κ1) is 19.5. The van der Waals surface area contributed by atoms with Gasteiger partial charge in [0.2, 0.25) is 0 Å². The normalized spacial score (nSPS) is 10.0. The molecule has 0 aliphatic carbocycles. The summed E-state index contributed by atoms with van der Waals surface area (Å²) in [6.45, 7) is 3.20. The van der Waals surface area contributed by atoms with Gasteiger partial charge in [-0.2, -0.15) is 0 Å². The summed E-state index contributed by atoms with van der Waals surface area (Å²) in [7, 11) is 3.34. The minimum absolute atomic E-state index is 0. The van der Waals surface area contributed by atoms with Gasteiger partial charge >= 0.3 is 0 Å². The second kappa shape index (κ2) is 10.3. The summed E-state index contributed by atoms with van der Waals surface area (Å²) >= 11 is 0. The number of unbranched alkanes of at least 4 members (excludes halogenated alkanes) is 1. The Balaban J connectivity index is 0.00000264. The molecule has 0 spiro atoms. The van der Waals surface area contributed by atoms with Crippen LogP contribution in [0, 0.1) is 0 Å². The molecule has 0 N–H and O–H groups in total. The first-order valence-corrected chi connectivity index (χ1v) is 7.95. The fourth-order valence-electron chi connectivity index (χ4n) is 2.54. The monoisotopic (exact) mass is 379 g/mol. The maximum Gasteiger partial charge on any atom is 0.171 e. The second-order valence-electron chi connectivity index (χ2n) is 5.49. The molecule has 3 nitrogen and oxygen atoms in total. The number of hydrogen-bond donors (Lipinski definition) is 0. The number of rotatable bonds is 8. The molecule has 0 amide bonds. The number of ether oxygens (including phenoxy) is 2. The van der Waals surface area contributed by atoms with Crippen molar-refractivity contribution in [1.82, 2.24) is 0 Å². The minimum Gasteiger partial charge on any atom is -1.00 e. The molecule has 0 aliphatic rings. The van der Waals surface area contributed by atoms with Gasteiger partial charge in [-0.05, 0) is 36.6 Å². The molecule has 126 valence electrons. The Kier molecular flexibility index (Phi) is 8.70. The zero-order valence-corrected chi connectivity index (χ0v) is 15.8. The van der Waals surface area contributed by atoms with E-state index < -0.39 is 0 Å². The van der Waals surface area contributed by atoms with Crippen LogP contribution in [0.1, 0.15) is 30.9 Å². The first-order valence-electron chi connectivity index (χ1n) is 7.95. The lowest BCUT2D eigenvalue weighted by molar-refractivity contribution is -0.696. The van der Waals surface area contributed by atoms with Gasteiger partial charge in [-0.25, -0.2) is 4.57 Å². The van der Waals surface area contributed by atoms with Crippen LogP contribution in [0.25, 0.3) is 0 Å². The van der Waals surface area contributed by atoms with E-state index in [1.807, 2.05) is 6.07 Å². The molecule has 0 saturated carbocycles. The lowest BCUT2D eigenvalue weighted by Crippen LogP contribution is -3.00. The standard InChI is InChI=1S/C19H26NO2.BrH/c1-4-5-7-17-8-6-12-20(15-17)13-11-16-9-10-18(21-2)19(14-16)22-3;/h6,8-10,12,14-15H,4-5,7,11,13H2,1-3H3;1H/q+1;/p-1. The molecule has 0 aliphatic heterocycles. The SMILES string of the molecule is CCCCc1ccc[n+](CCc2ccc(OC)c(OC)c2)c1.[Br-]. The van der Waals surface area contributed by atoms with Gasteiger partial charge in [0.15, 0.2) is 30.4 Å². The quantitative estimate of drug-likeness (QED) is 0.626. The average Bonchev–Trinajstić information content (AvgIpc) is 2.58. The highest BCUT2D eigenvalue weighted by atomic mass is 79.9. The summed E-state index contributed by atoms with van der Waals surface area (Å²) in [5.41, 5.74) is 2.67. The molecule has 0 fully saturated rings. The van der Waals surface area contributed by atoms with Crippen LogP contribution in [0.4, 0.5) is 0 Å². The highest BCUT2D eigenvalue weighted by molar-refractivity contribution is 5.42. The van der Waals surface area contributed by atoms with Gasteiger partial charge in [-0.15, -0.1) is 0 Å². The van der Waals surface area contributed by atoms with E-state index >= 15 is 0 Å². The summed E-state index contributed by atoms with van der Waals surface area (Å²) in [5.74, 6) is 1.57. The number of halogens is 1. The Labute approximate surface area is 150 Å². The number of hydrogen-bond acceptors (Lipinski definition) is 2. The van der Waals surface area contributed by atoms with Crippen LogP contribution < -0.4 is 31.0 Å². The minimum atomic E-state index is 0. The molecule has 0 atom stereocenters. The number of methoxy groups -OCH3 is 2. The van der Waals surface area contributed by atoms with Crippen molar-refractivity contribution in [2.45, 2.75) is 39.2 Å². The van der Waals surface area contributed by atoms with Gasteiger partial charge in [-0.1, -0.05) is 19.4 Å². The van der Waals surface area contributed by atoms with Crippen LogP contribution in [0.15, 0.2) is 42.7 Å². The van der Waals surface area contributed by atoms with Crippen molar-refractivity contribution >= 4 is 0 Å². The molecular weight excluding hydrogens is 354 g/mol. The van der Waals surface area contributed by atoms with Crippen molar-refractivity contribution in [3.8, 4) is 11.5 Å². The van der Waals surface area contributed by atoms with Crippen LogP contribution in [-0.4, -0.2) is 14.2 Å². The summed E-state index contributed by atoms with van der Waals surface area (Å²) < 4.78 is 12.9. The topological polar surface area (TPSA) is 22.3 Å². The molecule has 1 aromatic carbocycles. The van der Waals surface area contributed by atoms with Gasteiger partial charge in [-0.3, -0.25) is 0 Å². The molecule has 0 saturated heterocycles. The number of pyridine rings is 1. The third-order valence-electron chi connectivity index (χ3n) is 3.85. The van der Waals surface area contributed by atoms with Crippen molar-refractivity contribution in [2.75, 3.05) is 14.2 Å². The molecule has 0 bridgehead atoms. The third-order valence-corrected chi connectivity index (χ3v) is 3.85. The third kappa shape index (κ3) is 5.87. The number of aromatic nitrogens is 1. The summed E-state index contributed by atoms with van der Waals surface area (Å²) in [6, 6.07) is 10.5. The summed E-state index contributed by atoms with van der Waals surface area (Å²) in [5, 5.41) is 0. The molecular formula is C19H26BrNO2. The van der Waals surface area contributed by atoms with E-state index in [-0.39, 0.29) is 17.0 Å². The molecule has 0 radical (unpaired) electrons. The summed E-state index contributed by atoms with van der Waals surface area (Å²) in [4.78, 5) is 0. The van der Waals surface area contributed by atoms with E-state index in [0.29, 0.717) is 0 Å². The van der Waals surface area contributed by atoms with E-state index in [9.17, 15) is 0 Å². The zero-order chi connectivity index (χ0) is 15.8. The number of nitrogens with zero attached hydrogens (tertiary/aromatic N) is 1. The molecule has 2 rings (SSSR count). The highest BCUT2D eigenvalue weighted by Gasteiger charge is 2.07. The van der Waals surface area contributed by atoms with Crippen molar-refractivity contribution < 1.29 is 31.0 Å². The lowest BCUT2D eigenvalue weighted by Gasteiger charge is -2.08. The van der Waals surface area contributed by atoms with E-state index in [0.717, 1.165) is 30.9 Å². The average molecular weight is 380 g/mol. The van der Waals surface area contributed by atoms with E-state index in [1.54, 1.807) is 14.2 Å². The Bertz CT molecular complexity index is 602. The second-order valence-corrected chi connectivity index (χ2v) is 5.49. The van der Waals surface area contributed by atoms with Crippen LogP contribution in [0.3, 0.4) is 0 Å². The zero-order valence-electron chi connectivity index (χ0n) is 14.2. The molecule has 1 aromatic heterocycles. The van der Waals surface area contributed by atoms with Crippen LogP contribution in [0.2, 0.25) is 0 Å². The van der Waals surface area contributed by atoms with Crippen LogP contribution >= 0.6 is 0 Å². The lowest BCUT2D eigenvalue weighted by atomic mass is 10.1. The predicted octanol–water partition coefficient (Wildman–Crippen LogP) is 0.581. The number of benzene rings is 1. The van der Waals surface area contributed by atoms with Gasteiger partial charge in [0.1, 0.15) is 0 Å². The largest absolute Gasteiger partial charge is 1.00 e. The highest BCUT2D eigenvalue weighted by Crippen LogP contribution is 2.27. The van der Waals surface area contributed by atoms with Gasteiger partial charge < -0.3 is 26.5 Å². The number of aryl methyl sites for hydroxylation is 3. The maximum atomic E-state index is 5.36. The Morgan fingerprint density at radius 2 is 1.74 bits per heavy atom. The van der Waals surface area contributed by atoms with Gasteiger partial charge in [0.25, 0.3) is 0 Å². The van der Waals surface area contributed by atoms with Crippen molar-refractivity contribution in [2.24, 2.45) is 0 Å². The van der Waals surface area contributed by atoms with E-state index in [1.165, 1.54) is 24.0 Å². The molecule has 2 aromatic rings. The van der Waals surface area contributed by atoms with Gasteiger partial charge in [0, 0.05) is 18.1 Å². The Morgan fingerprint density at radius 3 is 2.43 bits per heavy atom. The first-order chi connectivity index (χ1) is 10.8. The van der Waals surface area contributed by atoms with Crippen LogP contribution in [-0.2, 0) is 19.4 Å². The fraction of sp³-hybridized carbons (Fsp3) is 0.421. The molecule has 1 heterocycles. The molecule has 23 heavy (non-hydrogen) atoms. The fourth-order valence-corrected chi connectivity index (χ4v) is 2.54. The van der Waals surface area contributed by atoms with Crippen LogP contribution in [0.5, 0.6) is 11.5 Å². The van der Waals surface area contributed by atoms with Gasteiger partial charge in [0.05, 0.1) is 14.2 Å². The van der Waals surface area contributed by atoms with E-state index in [2.05, 4.69) is 48.1 Å². The molecule has 4 heteroatoms. The van der Waals surface area contributed by atoms with Crippen molar-refractivity contribution in [3.63, 3.8) is 0 Å².